The van der Waals surface area contributed by atoms with Crippen molar-refractivity contribution in [3.63, 3.8) is 0 Å². The molecule has 0 aromatic heterocycles. The predicted octanol–water partition coefficient (Wildman–Crippen LogP) is 2.15. The zero-order valence-corrected chi connectivity index (χ0v) is 18.1. The quantitative estimate of drug-likeness (QED) is 0.677. The normalized spacial score (nSPS) is 15.4. The number of hydrogen-bond acceptors (Lipinski definition) is 5. The molecule has 1 N–H and O–H groups in total. The Morgan fingerprint density at radius 3 is 2.10 bits per heavy atom. The van der Waals surface area contributed by atoms with Crippen molar-refractivity contribution < 1.29 is 13.2 Å². The van der Waals surface area contributed by atoms with Gasteiger partial charge in [0.15, 0.2) is 0 Å². The summed E-state index contributed by atoms with van der Waals surface area (Å²) in [6.45, 7) is 4.67. The summed E-state index contributed by atoms with van der Waals surface area (Å²) in [5, 5.41) is 0. The molecule has 2 aromatic carbocycles. The van der Waals surface area contributed by atoms with Gasteiger partial charge < -0.3 is 14.5 Å². The van der Waals surface area contributed by atoms with Gasteiger partial charge in [0.05, 0.1) is 12.9 Å². The molecule has 1 heterocycles. The lowest BCUT2D eigenvalue weighted by Crippen LogP contribution is -2.44. The van der Waals surface area contributed by atoms with E-state index in [1.54, 1.807) is 7.11 Å². The van der Waals surface area contributed by atoms with Crippen LogP contribution < -0.4 is 14.4 Å². The average Bonchev–Trinajstić information content (AvgIpc) is 2.74. The number of rotatable bonds is 9. The molecule has 1 aliphatic heterocycles. The second-order valence-corrected chi connectivity index (χ2v) is 9.44. The highest BCUT2D eigenvalue weighted by molar-refractivity contribution is 7.89. The first-order chi connectivity index (χ1) is 13.9. The third-order valence-electron chi connectivity index (χ3n) is 5.36. The van der Waals surface area contributed by atoms with E-state index < -0.39 is 10.0 Å². The number of benzene rings is 2. The van der Waals surface area contributed by atoms with E-state index in [4.69, 9.17) is 4.74 Å². The van der Waals surface area contributed by atoms with Gasteiger partial charge in [0, 0.05) is 38.4 Å². The van der Waals surface area contributed by atoms with Gasteiger partial charge in [0.1, 0.15) is 5.75 Å². The molecule has 0 aliphatic carbocycles. The van der Waals surface area contributed by atoms with Crippen LogP contribution in [0.2, 0.25) is 0 Å². The molecule has 0 atom stereocenters. The van der Waals surface area contributed by atoms with Crippen LogP contribution in [0.4, 0.5) is 5.69 Å². The van der Waals surface area contributed by atoms with Crippen molar-refractivity contribution in [1.29, 1.82) is 0 Å². The summed E-state index contributed by atoms with van der Waals surface area (Å²) in [6.07, 6.45) is 1.17. The van der Waals surface area contributed by atoms with Gasteiger partial charge in [-0.2, -0.15) is 0 Å². The Morgan fingerprint density at radius 1 is 0.897 bits per heavy atom. The number of anilines is 1. The molecule has 0 bridgehead atoms. The molecule has 3 rings (SSSR count). The first-order valence-electron chi connectivity index (χ1n) is 10.1. The van der Waals surface area contributed by atoms with Crippen LogP contribution >= 0.6 is 0 Å². The molecule has 7 heteroatoms. The highest BCUT2D eigenvalue weighted by atomic mass is 32.2. The molecule has 6 nitrogen and oxygen atoms in total. The topological polar surface area (TPSA) is 61.9 Å². The Balaban J connectivity index is 1.42. The summed E-state index contributed by atoms with van der Waals surface area (Å²) in [7, 11) is 0.475. The maximum Gasteiger partial charge on any atom is 0.211 e. The van der Waals surface area contributed by atoms with Crippen molar-refractivity contribution in [2.75, 3.05) is 57.5 Å². The smallest absolute Gasteiger partial charge is 0.211 e. The Labute approximate surface area is 174 Å². The van der Waals surface area contributed by atoms with Gasteiger partial charge in [-0.3, -0.25) is 0 Å². The molecule has 0 amide bonds. The van der Waals surface area contributed by atoms with Crippen LogP contribution in [0.3, 0.4) is 0 Å². The van der Waals surface area contributed by atoms with Crippen molar-refractivity contribution in [3.05, 3.63) is 59.7 Å². The van der Waals surface area contributed by atoms with Crippen LogP contribution in [0, 0.1) is 0 Å². The Morgan fingerprint density at radius 2 is 1.48 bits per heavy atom. The monoisotopic (exact) mass is 417 g/mol. The Kier molecular flexibility index (Phi) is 7.52. The molecular formula is C22H31N3O3S. The molecule has 1 aliphatic rings. The molecule has 1 saturated heterocycles. The van der Waals surface area contributed by atoms with E-state index in [-0.39, 0.29) is 5.75 Å². The molecule has 0 radical (unpaired) electrons. The first-order valence-corrected chi connectivity index (χ1v) is 11.7. The predicted molar refractivity (Wildman–Crippen MR) is 118 cm³/mol. The van der Waals surface area contributed by atoms with E-state index >= 15 is 0 Å². The molecular weight excluding hydrogens is 386 g/mol. The summed E-state index contributed by atoms with van der Waals surface area (Å²) < 4.78 is 32.4. The Hall–Kier alpha value is -2.09. The molecule has 0 unspecified atom stereocenters. The second kappa shape index (κ2) is 10.1. The summed E-state index contributed by atoms with van der Waals surface area (Å²) in [5.41, 5.74) is 3.36. The van der Waals surface area contributed by atoms with Crippen molar-refractivity contribution in [1.82, 2.24) is 9.62 Å². The minimum absolute atomic E-state index is 0.0850. The van der Waals surface area contributed by atoms with E-state index in [2.05, 4.69) is 45.8 Å². The third kappa shape index (κ3) is 6.73. The zero-order chi connectivity index (χ0) is 20.7. The molecule has 1 fully saturated rings. The van der Waals surface area contributed by atoms with Gasteiger partial charge in [0.25, 0.3) is 0 Å². The second-order valence-electron chi connectivity index (χ2n) is 7.52. The number of hydrogen-bond donors (Lipinski definition) is 1. The summed E-state index contributed by atoms with van der Waals surface area (Å²) in [6, 6.07) is 16.0. The highest BCUT2D eigenvalue weighted by Gasteiger charge is 2.14. The van der Waals surface area contributed by atoms with E-state index in [0.717, 1.165) is 43.1 Å². The standard InChI is InChI=1S/C22H31N3O3S/c1-24-14-16-25(17-15-24)21-7-3-19(4-8-21)11-13-23-29(26,27)18-12-20-5-9-22(28-2)10-6-20/h3-10,23H,11-18H2,1-2H3. The minimum atomic E-state index is -3.29. The third-order valence-corrected chi connectivity index (χ3v) is 6.74. The number of piperazine rings is 1. The van der Waals surface area contributed by atoms with Crippen LogP contribution in [0.1, 0.15) is 11.1 Å². The van der Waals surface area contributed by atoms with Gasteiger partial charge >= 0.3 is 0 Å². The van der Waals surface area contributed by atoms with Crippen molar-refractivity contribution in [2.24, 2.45) is 0 Å². The lowest BCUT2D eigenvalue weighted by molar-refractivity contribution is 0.313. The fourth-order valence-corrected chi connectivity index (χ4v) is 4.47. The van der Waals surface area contributed by atoms with Crippen LogP contribution in [-0.2, 0) is 22.9 Å². The summed E-state index contributed by atoms with van der Waals surface area (Å²) >= 11 is 0. The lowest BCUT2D eigenvalue weighted by Gasteiger charge is -2.34. The summed E-state index contributed by atoms with van der Waals surface area (Å²) in [4.78, 5) is 4.73. The van der Waals surface area contributed by atoms with Crippen LogP contribution in [0.15, 0.2) is 48.5 Å². The van der Waals surface area contributed by atoms with Crippen LogP contribution in [0.25, 0.3) is 0 Å². The van der Waals surface area contributed by atoms with Crippen LogP contribution in [-0.4, -0.2) is 66.0 Å². The maximum absolute atomic E-state index is 12.3. The van der Waals surface area contributed by atoms with Crippen molar-refractivity contribution in [2.45, 2.75) is 12.8 Å². The minimum Gasteiger partial charge on any atom is -0.497 e. The number of nitrogens with one attached hydrogen (secondary N) is 1. The average molecular weight is 418 g/mol. The largest absolute Gasteiger partial charge is 0.497 e. The first kappa shape index (κ1) is 21.6. The van der Waals surface area contributed by atoms with Gasteiger partial charge in [0.2, 0.25) is 10.0 Å². The van der Waals surface area contributed by atoms with Crippen molar-refractivity contribution in [3.8, 4) is 5.75 Å². The molecule has 0 saturated carbocycles. The van der Waals surface area contributed by atoms with Gasteiger partial charge in [-0.1, -0.05) is 24.3 Å². The van der Waals surface area contributed by atoms with Gasteiger partial charge in [-0.25, -0.2) is 13.1 Å². The van der Waals surface area contributed by atoms with Gasteiger partial charge in [-0.05, 0) is 55.3 Å². The highest BCUT2D eigenvalue weighted by Crippen LogP contribution is 2.17. The number of sulfonamides is 1. The number of ether oxygens (including phenoxy) is 1. The van der Waals surface area contributed by atoms with Crippen molar-refractivity contribution >= 4 is 15.7 Å². The zero-order valence-electron chi connectivity index (χ0n) is 17.3. The molecule has 2 aromatic rings. The number of methoxy groups -OCH3 is 1. The molecule has 29 heavy (non-hydrogen) atoms. The van der Waals surface area contributed by atoms with Gasteiger partial charge in [-0.15, -0.1) is 0 Å². The SMILES string of the molecule is COc1ccc(CCS(=O)(=O)NCCc2ccc(N3CCN(C)CC3)cc2)cc1. The Bertz CT molecular complexity index is 859. The fraction of sp³-hybridized carbons (Fsp3) is 0.455. The fourth-order valence-electron chi connectivity index (χ4n) is 3.41. The maximum atomic E-state index is 12.3. The lowest BCUT2D eigenvalue weighted by atomic mass is 10.1. The number of likely N-dealkylation sites (N-methyl/N-ethyl adjacent to an activating group) is 1. The summed E-state index contributed by atoms with van der Waals surface area (Å²) in [5.74, 6) is 0.857. The van der Waals surface area contributed by atoms with E-state index in [9.17, 15) is 8.42 Å². The van der Waals surface area contributed by atoms with E-state index in [1.165, 1.54) is 5.69 Å². The molecule has 158 valence electrons. The van der Waals surface area contributed by atoms with E-state index in [1.807, 2.05) is 24.3 Å². The van der Waals surface area contributed by atoms with E-state index in [0.29, 0.717) is 19.4 Å². The molecule has 0 spiro atoms. The number of nitrogens with zero attached hydrogens (tertiary/aromatic N) is 2. The number of aryl methyl sites for hydroxylation is 1. The van der Waals surface area contributed by atoms with Crippen LogP contribution in [0.5, 0.6) is 5.75 Å².